The summed E-state index contributed by atoms with van der Waals surface area (Å²) in [5, 5.41) is 15.5. The Morgan fingerprint density at radius 2 is 1.78 bits per heavy atom. The van der Waals surface area contributed by atoms with Gasteiger partial charge in [0.1, 0.15) is 0 Å². The van der Waals surface area contributed by atoms with Crippen molar-refractivity contribution in [3.05, 3.63) is 0 Å². The van der Waals surface area contributed by atoms with E-state index in [9.17, 15) is 9.90 Å². The molecule has 0 bridgehead atoms. The number of urea groups is 1. The zero-order valence-electron chi connectivity index (χ0n) is 11.0. The highest BCUT2D eigenvalue weighted by molar-refractivity contribution is 5.74. The van der Waals surface area contributed by atoms with Gasteiger partial charge in [-0.1, -0.05) is 0 Å². The molecular weight excluding hydrogens is 228 g/mol. The molecule has 4 nitrogen and oxygen atoms in total. The first-order valence-corrected chi connectivity index (χ1v) is 7.40. The number of nitrogens with one attached hydrogen (secondary N) is 2. The first kappa shape index (κ1) is 12.3. The van der Waals surface area contributed by atoms with Crippen LogP contribution in [0, 0.1) is 11.3 Å². The number of aliphatic hydroxyl groups excluding tert-OH is 1. The van der Waals surface area contributed by atoms with Crippen LogP contribution in [0.4, 0.5) is 4.79 Å². The third-order valence-corrected chi connectivity index (χ3v) is 4.97. The molecule has 0 aromatic carbocycles. The van der Waals surface area contributed by atoms with Crippen LogP contribution in [0.25, 0.3) is 0 Å². The van der Waals surface area contributed by atoms with Gasteiger partial charge in [0.2, 0.25) is 0 Å². The second-order valence-corrected chi connectivity index (χ2v) is 6.47. The van der Waals surface area contributed by atoms with E-state index in [2.05, 4.69) is 10.6 Å². The maximum atomic E-state index is 11.8. The number of carbonyl (C=O) groups excluding carboxylic acids is 1. The molecular formula is C14H24N2O2. The Labute approximate surface area is 109 Å². The summed E-state index contributed by atoms with van der Waals surface area (Å²) >= 11 is 0. The van der Waals surface area contributed by atoms with E-state index in [1.165, 1.54) is 25.7 Å². The van der Waals surface area contributed by atoms with Gasteiger partial charge < -0.3 is 15.7 Å². The maximum absolute atomic E-state index is 11.8. The van der Waals surface area contributed by atoms with E-state index in [4.69, 9.17) is 0 Å². The van der Waals surface area contributed by atoms with Crippen LogP contribution in [0.5, 0.6) is 0 Å². The minimum atomic E-state index is -0.157. The first-order valence-electron chi connectivity index (χ1n) is 7.40. The van der Waals surface area contributed by atoms with Gasteiger partial charge in [0.05, 0.1) is 6.10 Å². The van der Waals surface area contributed by atoms with Gasteiger partial charge in [-0.15, -0.1) is 0 Å². The van der Waals surface area contributed by atoms with Crippen molar-refractivity contribution in [1.82, 2.24) is 10.6 Å². The summed E-state index contributed by atoms with van der Waals surface area (Å²) in [6.07, 6.45) is 8.61. The second-order valence-electron chi connectivity index (χ2n) is 6.47. The van der Waals surface area contributed by atoms with Gasteiger partial charge in [-0.2, -0.15) is 0 Å². The van der Waals surface area contributed by atoms with Gasteiger partial charge >= 0.3 is 6.03 Å². The lowest BCUT2D eigenvalue weighted by molar-refractivity contribution is 0.117. The van der Waals surface area contributed by atoms with Crippen molar-refractivity contribution in [1.29, 1.82) is 0 Å². The molecule has 0 spiro atoms. The molecule has 3 aliphatic carbocycles. The minimum Gasteiger partial charge on any atom is -0.393 e. The summed E-state index contributed by atoms with van der Waals surface area (Å²) < 4.78 is 0. The number of hydrogen-bond donors (Lipinski definition) is 3. The van der Waals surface area contributed by atoms with E-state index in [0.29, 0.717) is 5.41 Å². The average Bonchev–Trinajstić information content (AvgIpc) is 3.22. The third-order valence-electron chi connectivity index (χ3n) is 4.97. The van der Waals surface area contributed by atoms with Gasteiger partial charge in [-0.05, 0) is 62.7 Å². The predicted octanol–water partition coefficient (Wildman–Crippen LogP) is 1.78. The summed E-state index contributed by atoms with van der Waals surface area (Å²) in [5.41, 5.74) is 0.472. The van der Waals surface area contributed by atoms with Crippen LogP contribution in [0.2, 0.25) is 0 Å². The molecule has 0 unspecified atom stereocenters. The molecule has 3 N–H and O–H groups in total. The summed E-state index contributed by atoms with van der Waals surface area (Å²) in [6, 6.07) is 0.243. The van der Waals surface area contributed by atoms with Crippen molar-refractivity contribution in [2.45, 2.75) is 63.5 Å². The molecule has 0 atom stereocenters. The third kappa shape index (κ3) is 2.79. The van der Waals surface area contributed by atoms with Crippen LogP contribution in [-0.4, -0.2) is 29.8 Å². The molecule has 3 rings (SSSR count). The normalized spacial score (nSPS) is 33.8. The highest BCUT2D eigenvalue weighted by Crippen LogP contribution is 2.60. The minimum absolute atomic E-state index is 0.0108. The fraction of sp³-hybridized carbons (Fsp3) is 0.929. The summed E-state index contributed by atoms with van der Waals surface area (Å²) in [6.45, 7) is 0.860. The van der Waals surface area contributed by atoms with Gasteiger partial charge in [0, 0.05) is 12.6 Å². The fourth-order valence-corrected chi connectivity index (χ4v) is 3.30. The van der Waals surface area contributed by atoms with Crippen LogP contribution in [0.15, 0.2) is 0 Å². The molecule has 0 aromatic rings. The molecule has 0 heterocycles. The number of rotatable bonds is 4. The van der Waals surface area contributed by atoms with Crippen LogP contribution in [0.3, 0.4) is 0 Å². The standard InChI is InChI=1S/C14H24N2O2/c17-12-5-3-11(4-6-12)16-13(18)15-9-14(7-8-14)10-1-2-10/h10-12,17H,1-9H2,(H2,15,16,18). The zero-order valence-corrected chi connectivity index (χ0v) is 11.0. The lowest BCUT2D eigenvalue weighted by atomic mass is 9.93. The Morgan fingerprint density at radius 1 is 1.11 bits per heavy atom. The molecule has 0 radical (unpaired) electrons. The maximum Gasteiger partial charge on any atom is 0.315 e. The van der Waals surface area contributed by atoms with Crippen LogP contribution >= 0.6 is 0 Å². The Morgan fingerprint density at radius 3 is 2.33 bits per heavy atom. The molecule has 3 saturated carbocycles. The molecule has 2 amide bonds. The molecule has 0 aromatic heterocycles. The summed E-state index contributed by atoms with van der Waals surface area (Å²) in [4.78, 5) is 11.8. The predicted molar refractivity (Wildman–Crippen MR) is 69.2 cm³/mol. The molecule has 4 heteroatoms. The van der Waals surface area contributed by atoms with E-state index in [1.807, 2.05) is 0 Å². The van der Waals surface area contributed by atoms with Crippen LogP contribution < -0.4 is 10.6 Å². The fourth-order valence-electron chi connectivity index (χ4n) is 3.30. The van der Waals surface area contributed by atoms with E-state index < -0.39 is 0 Å². The van der Waals surface area contributed by atoms with Gasteiger partial charge in [-0.3, -0.25) is 0 Å². The monoisotopic (exact) mass is 252 g/mol. The van der Waals surface area contributed by atoms with Gasteiger partial charge in [0.25, 0.3) is 0 Å². The molecule has 0 aliphatic heterocycles. The molecule has 18 heavy (non-hydrogen) atoms. The van der Waals surface area contributed by atoms with Gasteiger partial charge in [-0.25, -0.2) is 4.79 Å². The summed E-state index contributed by atoms with van der Waals surface area (Å²) in [7, 11) is 0. The lowest BCUT2D eigenvalue weighted by Gasteiger charge is -2.26. The molecule has 3 fully saturated rings. The summed E-state index contributed by atoms with van der Waals surface area (Å²) in [5.74, 6) is 0.891. The molecule has 3 aliphatic rings. The van der Waals surface area contributed by atoms with Crippen molar-refractivity contribution in [3.63, 3.8) is 0 Å². The topological polar surface area (TPSA) is 61.4 Å². The zero-order chi connectivity index (χ0) is 12.6. The highest BCUT2D eigenvalue weighted by atomic mass is 16.3. The van der Waals surface area contributed by atoms with Crippen molar-refractivity contribution in [2.75, 3.05) is 6.54 Å². The molecule has 0 saturated heterocycles. The van der Waals surface area contributed by atoms with Crippen molar-refractivity contribution in [2.24, 2.45) is 11.3 Å². The van der Waals surface area contributed by atoms with Crippen LogP contribution in [0.1, 0.15) is 51.4 Å². The smallest absolute Gasteiger partial charge is 0.315 e. The van der Waals surface area contributed by atoms with E-state index >= 15 is 0 Å². The van der Waals surface area contributed by atoms with Crippen LogP contribution in [-0.2, 0) is 0 Å². The van der Waals surface area contributed by atoms with E-state index in [1.54, 1.807) is 0 Å². The number of amides is 2. The number of aliphatic hydroxyl groups is 1. The SMILES string of the molecule is O=C(NCC1(C2CC2)CC1)NC1CCC(O)CC1. The van der Waals surface area contributed by atoms with Crippen molar-refractivity contribution < 1.29 is 9.90 Å². The highest BCUT2D eigenvalue weighted by Gasteiger charge is 2.53. The van der Waals surface area contributed by atoms with Crippen molar-refractivity contribution in [3.8, 4) is 0 Å². The lowest BCUT2D eigenvalue weighted by Crippen LogP contribution is -2.45. The van der Waals surface area contributed by atoms with Gasteiger partial charge in [0.15, 0.2) is 0 Å². The van der Waals surface area contributed by atoms with E-state index in [-0.39, 0.29) is 18.2 Å². The Balaban J connectivity index is 1.37. The van der Waals surface area contributed by atoms with Crippen molar-refractivity contribution >= 4 is 6.03 Å². The van der Waals surface area contributed by atoms with E-state index in [0.717, 1.165) is 38.1 Å². The average molecular weight is 252 g/mol. The Bertz CT molecular complexity index is 316. The quantitative estimate of drug-likeness (QED) is 0.714. The largest absolute Gasteiger partial charge is 0.393 e. The second kappa shape index (κ2) is 4.72. The molecule has 102 valence electrons. The Hall–Kier alpha value is -0.770. The first-order chi connectivity index (χ1) is 8.68. The number of hydrogen-bond acceptors (Lipinski definition) is 2. The Kier molecular flexibility index (Phi) is 3.22. The number of carbonyl (C=O) groups is 1.